The molecule has 0 atom stereocenters. The smallest absolute Gasteiger partial charge is 0.273 e. The molecule has 1 aliphatic heterocycles. The molecule has 3 amide bonds. The van der Waals surface area contributed by atoms with E-state index in [9.17, 15) is 22.8 Å². The standard InChI is InChI=1S/C22H25N5O5S/c1-3-26(4-2)33(31,32)18-12-8-9-16(15-18)21(29)23-24-22(30)19-13-14-20(28)27(25-19)17-10-6-5-7-11-17/h5-12,15H,3-4,13-14H2,1-2H3,(H,23,29)(H,24,30). The number of sulfonamides is 1. The summed E-state index contributed by atoms with van der Waals surface area (Å²) in [7, 11) is -3.73. The molecule has 0 spiro atoms. The zero-order chi connectivity index (χ0) is 24.0. The van der Waals surface area contributed by atoms with Gasteiger partial charge in [-0.05, 0) is 30.3 Å². The second-order valence-corrected chi connectivity index (χ2v) is 9.05. The first-order chi connectivity index (χ1) is 15.8. The predicted molar refractivity (Wildman–Crippen MR) is 123 cm³/mol. The number of hydrazine groups is 1. The highest BCUT2D eigenvalue weighted by Crippen LogP contribution is 2.20. The van der Waals surface area contributed by atoms with E-state index in [4.69, 9.17) is 0 Å². The van der Waals surface area contributed by atoms with E-state index in [1.807, 2.05) is 0 Å². The molecule has 174 valence electrons. The van der Waals surface area contributed by atoms with Crippen molar-refractivity contribution in [3.63, 3.8) is 0 Å². The molecule has 0 bridgehead atoms. The van der Waals surface area contributed by atoms with Crippen molar-refractivity contribution in [1.29, 1.82) is 0 Å². The number of hydrogen-bond donors (Lipinski definition) is 2. The molecule has 3 rings (SSSR count). The lowest BCUT2D eigenvalue weighted by atomic mass is 10.1. The first-order valence-corrected chi connectivity index (χ1v) is 11.9. The van der Waals surface area contributed by atoms with Crippen LogP contribution in [-0.4, -0.2) is 49.2 Å². The Labute approximate surface area is 192 Å². The van der Waals surface area contributed by atoms with Gasteiger partial charge in [0.05, 0.1) is 10.6 Å². The number of carbonyl (C=O) groups excluding carboxylic acids is 3. The van der Waals surface area contributed by atoms with Crippen LogP contribution in [0.5, 0.6) is 0 Å². The van der Waals surface area contributed by atoms with E-state index in [1.165, 1.54) is 28.6 Å². The fourth-order valence-electron chi connectivity index (χ4n) is 3.26. The van der Waals surface area contributed by atoms with Crippen molar-refractivity contribution in [2.75, 3.05) is 18.1 Å². The number of hydrazone groups is 1. The Bertz CT molecular complexity index is 1180. The third-order valence-electron chi connectivity index (χ3n) is 5.02. The molecule has 2 aromatic rings. The zero-order valence-corrected chi connectivity index (χ0v) is 19.1. The Morgan fingerprint density at radius 2 is 1.64 bits per heavy atom. The molecule has 10 nitrogen and oxygen atoms in total. The monoisotopic (exact) mass is 471 g/mol. The van der Waals surface area contributed by atoms with Crippen LogP contribution < -0.4 is 15.9 Å². The van der Waals surface area contributed by atoms with Gasteiger partial charge in [0.2, 0.25) is 15.9 Å². The van der Waals surface area contributed by atoms with Crippen LogP contribution in [0.15, 0.2) is 64.6 Å². The number of amides is 3. The number of nitrogens with one attached hydrogen (secondary N) is 2. The SMILES string of the molecule is CCN(CC)S(=O)(=O)c1cccc(C(=O)NNC(=O)C2=NN(c3ccccc3)C(=O)CC2)c1. The van der Waals surface area contributed by atoms with Gasteiger partial charge in [-0.3, -0.25) is 25.2 Å². The van der Waals surface area contributed by atoms with Gasteiger partial charge in [0, 0.05) is 31.5 Å². The number of nitrogens with zero attached hydrogens (tertiary/aromatic N) is 3. The number of carbonyl (C=O) groups is 3. The molecule has 0 saturated carbocycles. The molecule has 0 radical (unpaired) electrons. The van der Waals surface area contributed by atoms with E-state index in [-0.39, 0.29) is 34.9 Å². The highest BCUT2D eigenvalue weighted by molar-refractivity contribution is 7.89. The lowest BCUT2D eigenvalue weighted by Crippen LogP contribution is -2.47. The fraction of sp³-hybridized carbons (Fsp3) is 0.273. The molecule has 33 heavy (non-hydrogen) atoms. The maximum absolute atomic E-state index is 12.7. The number of hydrogen-bond acceptors (Lipinski definition) is 6. The van der Waals surface area contributed by atoms with Crippen molar-refractivity contribution in [2.24, 2.45) is 5.10 Å². The lowest BCUT2D eigenvalue weighted by molar-refractivity contribution is -0.119. The molecule has 0 aliphatic carbocycles. The van der Waals surface area contributed by atoms with Gasteiger partial charge < -0.3 is 0 Å². The molecule has 1 heterocycles. The van der Waals surface area contributed by atoms with E-state index in [1.54, 1.807) is 44.2 Å². The average molecular weight is 472 g/mol. The van der Waals surface area contributed by atoms with Gasteiger partial charge in [-0.2, -0.15) is 9.41 Å². The van der Waals surface area contributed by atoms with Gasteiger partial charge in [-0.25, -0.2) is 13.4 Å². The van der Waals surface area contributed by atoms with Gasteiger partial charge in [-0.15, -0.1) is 0 Å². The van der Waals surface area contributed by atoms with E-state index in [0.717, 1.165) is 5.01 Å². The van der Waals surface area contributed by atoms with Crippen molar-refractivity contribution in [2.45, 2.75) is 31.6 Å². The number of anilines is 1. The van der Waals surface area contributed by atoms with Crippen molar-refractivity contribution in [3.05, 3.63) is 60.2 Å². The molecular weight excluding hydrogens is 446 g/mol. The van der Waals surface area contributed by atoms with Gasteiger partial charge >= 0.3 is 0 Å². The van der Waals surface area contributed by atoms with E-state index >= 15 is 0 Å². The first kappa shape index (κ1) is 24.1. The summed E-state index contributed by atoms with van der Waals surface area (Å²) < 4.78 is 26.7. The molecule has 11 heteroatoms. The van der Waals surface area contributed by atoms with Crippen molar-refractivity contribution >= 4 is 39.1 Å². The van der Waals surface area contributed by atoms with Crippen LogP contribution in [0, 0.1) is 0 Å². The Balaban J connectivity index is 1.70. The van der Waals surface area contributed by atoms with Crippen LogP contribution in [0.3, 0.4) is 0 Å². The van der Waals surface area contributed by atoms with Gasteiger partial charge in [0.25, 0.3) is 11.8 Å². The van der Waals surface area contributed by atoms with Crippen molar-refractivity contribution in [3.8, 4) is 0 Å². The third kappa shape index (κ3) is 5.44. The molecule has 0 saturated heterocycles. The Morgan fingerprint density at radius 3 is 2.30 bits per heavy atom. The second kappa shape index (κ2) is 10.4. The van der Waals surface area contributed by atoms with E-state index in [0.29, 0.717) is 18.8 Å². The second-order valence-electron chi connectivity index (χ2n) is 7.11. The zero-order valence-electron chi connectivity index (χ0n) is 18.3. The van der Waals surface area contributed by atoms with Gasteiger partial charge in [0.1, 0.15) is 5.71 Å². The minimum atomic E-state index is -3.73. The maximum atomic E-state index is 12.7. The van der Waals surface area contributed by atoms with Gasteiger partial charge in [0.15, 0.2) is 0 Å². The largest absolute Gasteiger partial charge is 0.285 e. The molecule has 1 aliphatic rings. The summed E-state index contributed by atoms with van der Waals surface area (Å²) in [4.78, 5) is 37.2. The highest BCUT2D eigenvalue weighted by Gasteiger charge is 2.26. The van der Waals surface area contributed by atoms with Crippen LogP contribution in [0.25, 0.3) is 0 Å². The minimum Gasteiger partial charge on any atom is -0.273 e. The number of para-hydroxylation sites is 1. The molecule has 0 aromatic heterocycles. The summed E-state index contributed by atoms with van der Waals surface area (Å²) >= 11 is 0. The van der Waals surface area contributed by atoms with Crippen LogP contribution in [0.1, 0.15) is 37.0 Å². The number of rotatable bonds is 7. The fourth-order valence-corrected chi connectivity index (χ4v) is 4.76. The molecule has 0 fully saturated rings. The van der Waals surface area contributed by atoms with Crippen molar-refractivity contribution in [1.82, 2.24) is 15.2 Å². The summed E-state index contributed by atoms with van der Waals surface area (Å²) in [5, 5.41) is 5.28. The lowest BCUT2D eigenvalue weighted by Gasteiger charge is -2.23. The third-order valence-corrected chi connectivity index (χ3v) is 7.07. The quantitative estimate of drug-likeness (QED) is 0.594. The normalized spacial score (nSPS) is 14.1. The topological polar surface area (TPSA) is 128 Å². The average Bonchev–Trinajstić information content (AvgIpc) is 2.83. The van der Waals surface area contributed by atoms with Crippen LogP contribution >= 0.6 is 0 Å². The summed E-state index contributed by atoms with van der Waals surface area (Å²) in [6.45, 7) is 4.06. The van der Waals surface area contributed by atoms with E-state index in [2.05, 4.69) is 16.0 Å². The maximum Gasteiger partial charge on any atom is 0.285 e. The molecular formula is C22H25N5O5S. The highest BCUT2D eigenvalue weighted by atomic mass is 32.2. The Morgan fingerprint density at radius 1 is 0.970 bits per heavy atom. The Kier molecular flexibility index (Phi) is 7.56. The van der Waals surface area contributed by atoms with Gasteiger partial charge in [-0.1, -0.05) is 38.1 Å². The summed E-state index contributed by atoms with van der Waals surface area (Å²) in [6.07, 6.45) is 0.224. The number of benzene rings is 2. The summed E-state index contributed by atoms with van der Waals surface area (Å²) in [5.74, 6) is -1.59. The molecule has 2 aromatic carbocycles. The van der Waals surface area contributed by atoms with Crippen LogP contribution in [0.4, 0.5) is 5.69 Å². The van der Waals surface area contributed by atoms with Crippen LogP contribution in [0.2, 0.25) is 0 Å². The predicted octanol–water partition coefficient (Wildman–Crippen LogP) is 1.66. The molecule has 2 N–H and O–H groups in total. The van der Waals surface area contributed by atoms with Crippen LogP contribution in [-0.2, 0) is 19.6 Å². The Hall–Kier alpha value is -3.57. The van der Waals surface area contributed by atoms with E-state index < -0.39 is 21.8 Å². The minimum absolute atomic E-state index is 0.0150. The summed E-state index contributed by atoms with van der Waals surface area (Å²) in [5.41, 5.74) is 5.22. The van der Waals surface area contributed by atoms with Crippen molar-refractivity contribution < 1.29 is 22.8 Å². The molecule has 0 unspecified atom stereocenters. The summed E-state index contributed by atoms with van der Waals surface area (Å²) in [6, 6.07) is 14.3. The first-order valence-electron chi connectivity index (χ1n) is 10.4.